The summed E-state index contributed by atoms with van der Waals surface area (Å²) in [5, 5.41) is 8.86. The molecule has 0 aliphatic carbocycles. The van der Waals surface area contributed by atoms with E-state index in [1.165, 1.54) is 0 Å². The van der Waals surface area contributed by atoms with Crippen LogP contribution < -0.4 is 0 Å². The molecular formula is C13H11NO2. The highest BCUT2D eigenvalue weighted by Gasteiger charge is 2.09. The molecule has 3 heteroatoms. The van der Waals surface area contributed by atoms with Gasteiger partial charge in [-0.25, -0.2) is 9.78 Å². The van der Waals surface area contributed by atoms with Gasteiger partial charge in [0.2, 0.25) is 0 Å². The van der Waals surface area contributed by atoms with Crippen molar-refractivity contribution < 1.29 is 9.90 Å². The van der Waals surface area contributed by atoms with Gasteiger partial charge in [0.15, 0.2) is 5.69 Å². The zero-order valence-electron chi connectivity index (χ0n) is 8.84. The van der Waals surface area contributed by atoms with E-state index >= 15 is 0 Å². The molecule has 0 amide bonds. The number of carboxylic acid groups (broad SMARTS) is 1. The van der Waals surface area contributed by atoms with E-state index < -0.39 is 5.97 Å². The van der Waals surface area contributed by atoms with Crippen molar-refractivity contribution in [1.29, 1.82) is 0 Å². The predicted molar refractivity (Wildman–Crippen MR) is 61.4 cm³/mol. The van der Waals surface area contributed by atoms with Crippen molar-refractivity contribution >= 4 is 5.97 Å². The zero-order chi connectivity index (χ0) is 11.5. The third kappa shape index (κ3) is 1.93. The molecule has 0 aliphatic rings. The summed E-state index contributed by atoms with van der Waals surface area (Å²) in [5.41, 5.74) is 2.76. The summed E-state index contributed by atoms with van der Waals surface area (Å²) in [4.78, 5) is 14.8. The number of rotatable bonds is 2. The Bertz CT molecular complexity index is 521. The zero-order valence-corrected chi connectivity index (χ0v) is 8.84. The molecule has 0 spiro atoms. The molecular weight excluding hydrogens is 202 g/mol. The molecule has 1 aromatic heterocycles. The van der Waals surface area contributed by atoms with E-state index in [1.54, 1.807) is 13.1 Å². The lowest BCUT2D eigenvalue weighted by Gasteiger charge is -2.04. The van der Waals surface area contributed by atoms with Gasteiger partial charge in [-0.2, -0.15) is 0 Å². The van der Waals surface area contributed by atoms with Crippen LogP contribution in [0.4, 0.5) is 0 Å². The molecule has 3 nitrogen and oxygen atoms in total. The Hall–Kier alpha value is -2.16. The predicted octanol–water partition coefficient (Wildman–Crippen LogP) is 2.76. The molecule has 2 rings (SSSR count). The number of aromatic carboxylic acids is 1. The Labute approximate surface area is 93.4 Å². The van der Waals surface area contributed by atoms with Crippen molar-refractivity contribution in [3.8, 4) is 11.1 Å². The second-order valence-electron chi connectivity index (χ2n) is 3.56. The van der Waals surface area contributed by atoms with Crippen LogP contribution in [0, 0.1) is 6.92 Å². The smallest absolute Gasteiger partial charge is 0.354 e. The van der Waals surface area contributed by atoms with E-state index in [9.17, 15) is 4.79 Å². The van der Waals surface area contributed by atoms with Crippen molar-refractivity contribution in [3.63, 3.8) is 0 Å². The number of carboxylic acids is 1. The Kier molecular flexibility index (Phi) is 2.68. The van der Waals surface area contributed by atoms with Crippen LogP contribution in [-0.2, 0) is 0 Å². The number of benzene rings is 1. The Morgan fingerprint density at radius 3 is 2.44 bits per heavy atom. The maximum atomic E-state index is 10.8. The number of aryl methyl sites for hydroxylation is 1. The van der Waals surface area contributed by atoms with Crippen molar-refractivity contribution in [2.75, 3.05) is 0 Å². The van der Waals surface area contributed by atoms with Crippen molar-refractivity contribution in [1.82, 2.24) is 4.98 Å². The van der Waals surface area contributed by atoms with Gasteiger partial charge in [-0.1, -0.05) is 30.3 Å². The van der Waals surface area contributed by atoms with Gasteiger partial charge in [0, 0.05) is 11.8 Å². The summed E-state index contributed by atoms with van der Waals surface area (Å²) in [6.07, 6.45) is 1.59. The van der Waals surface area contributed by atoms with Crippen LogP contribution in [0.5, 0.6) is 0 Å². The molecule has 0 atom stereocenters. The second kappa shape index (κ2) is 4.14. The van der Waals surface area contributed by atoms with E-state index in [0.717, 1.165) is 11.1 Å². The number of aromatic nitrogens is 1. The molecule has 1 aromatic carbocycles. The van der Waals surface area contributed by atoms with Gasteiger partial charge in [-0.3, -0.25) is 0 Å². The third-order valence-electron chi connectivity index (χ3n) is 2.39. The molecule has 0 radical (unpaired) electrons. The van der Waals surface area contributed by atoms with Gasteiger partial charge in [0.1, 0.15) is 0 Å². The molecule has 2 aromatic rings. The lowest BCUT2D eigenvalue weighted by molar-refractivity contribution is 0.0689. The monoisotopic (exact) mass is 213 g/mol. The molecule has 0 saturated heterocycles. The number of carbonyl (C=O) groups is 1. The number of pyridine rings is 1. The fourth-order valence-corrected chi connectivity index (χ4v) is 1.59. The van der Waals surface area contributed by atoms with Crippen molar-refractivity contribution in [2.24, 2.45) is 0 Å². The first kappa shape index (κ1) is 10.4. The highest BCUT2D eigenvalue weighted by atomic mass is 16.4. The molecule has 0 bridgehead atoms. The lowest BCUT2D eigenvalue weighted by atomic mass is 10.1. The number of nitrogens with zero attached hydrogens (tertiary/aromatic N) is 1. The summed E-state index contributed by atoms with van der Waals surface area (Å²) in [6, 6.07) is 11.6. The minimum atomic E-state index is -0.989. The highest BCUT2D eigenvalue weighted by molar-refractivity contribution is 5.87. The molecule has 80 valence electrons. The Morgan fingerprint density at radius 2 is 1.88 bits per heavy atom. The topological polar surface area (TPSA) is 50.2 Å². The quantitative estimate of drug-likeness (QED) is 0.834. The van der Waals surface area contributed by atoms with Gasteiger partial charge in [0.05, 0.1) is 0 Å². The van der Waals surface area contributed by atoms with Crippen LogP contribution in [0.25, 0.3) is 11.1 Å². The fraction of sp³-hybridized carbons (Fsp3) is 0.0769. The maximum Gasteiger partial charge on any atom is 0.354 e. The average Bonchev–Trinajstić information content (AvgIpc) is 2.29. The first-order valence-corrected chi connectivity index (χ1v) is 4.94. The number of hydrogen-bond donors (Lipinski definition) is 1. The van der Waals surface area contributed by atoms with Crippen molar-refractivity contribution in [2.45, 2.75) is 6.92 Å². The lowest BCUT2D eigenvalue weighted by Crippen LogP contribution is -2.03. The second-order valence-corrected chi connectivity index (χ2v) is 3.56. The summed E-state index contributed by atoms with van der Waals surface area (Å²) in [5.74, 6) is -0.989. The van der Waals surface area contributed by atoms with E-state index in [0.29, 0.717) is 5.56 Å². The SMILES string of the molecule is Cc1cc(-c2ccccc2)cnc1C(=O)O. The van der Waals surface area contributed by atoms with E-state index in [4.69, 9.17) is 5.11 Å². The first-order chi connectivity index (χ1) is 7.68. The minimum absolute atomic E-state index is 0.111. The van der Waals surface area contributed by atoms with Crippen LogP contribution >= 0.6 is 0 Å². The van der Waals surface area contributed by atoms with Crippen molar-refractivity contribution in [3.05, 3.63) is 53.9 Å². The largest absolute Gasteiger partial charge is 0.477 e. The Balaban J connectivity index is 2.46. The molecule has 0 saturated carbocycles. The fourth-order valence-electron chi connectivity index (χ4n) is 1.59. The van der Waals surface area contributed by atoms with E-state index in [2.05, 4.69) is 4.98 Å². The maximum absolute atomic E-state index is 10.8. The molecule has 0 aliphatic heterocycles. The third-order valence-corrected chi connectivity index (χ3v) is 2.39. The normalized spacial score (nSPS) is 10.1. The highest BCUT2D eigenvalue weighted by Crippen LogP contribution is 2.20. The van der Waals surface area contributed by atoms with Gasteiger partial charge in [-0.05, 0) is 24.1 Å². The molecule has 1 heterocycles. The van der Waals surface area contributed by atoms with Gasteiger partial charge in [0.25, 0.3) is 0 Å². The van der Waals surface area contributed by atoms with Gasteiger partial charge >= 0.3 is 5.97 Å². The summed E-state index contributed by atoms with van der Waals surface area (Å²) >= 11 is 0. The standard InChI is InChI=1S/C13H11NO2/c1-9-7-11(8-14-12(9)13(15)16)10-5-3-2-4-6-10/h2-8H,1H3,(H,15,16). The first-order valence-electron chi connectivity index (χ1n) is 4.94. The average molecular weight is 213 g/mol. The van der Waals surface area contributed by atoms with E-state index in [-0.39, 0.29) is 5.69 Å². The van der Waals surface area contributed by atoms with Gasteiger partial charge < -0.3 is 5.11 Å². The van der Waals surface area contributed by atoms with Crippen LogP contribution in [-0.4, -0.2) is 16.1 Å². The minimum Gasteiger partial charge on any atom is -0.477 e. The summed E-state index contributed by atoms with van der Waals surface area (Å²) in [7, 11) is 0. The summed E-state index contributed by atoms with van der Waals surface area (Å²) < 4.78 is 0. The summed E-state index contributed by atoms with van der Waals surface area (Å²) in [6.45, 7) is 1.75. The Morgan fingerprint density at radius 1 is 1.19 bits per heavy atom. The van der Waals surface area contributed by atoms with Gasteiger partial charge in [-0.15, -0.1) is 0 Å². The van der Waals surface area contributed by atoms with Crippen LogP contribution in [0.3, 0.4) is 0 Å². The van der Waals surface area contributed by atoms with Crippen LogP contribution in [0.2, 0.25) is 0 Å². The van der Waals surface area contributed by atoms with E-state index in [1.807, 2.05) is 36.4 Å². The molecule has 16 heavy (non-hydrogen) atoms. The molecule has 0 fully saturated rings. The number of hydrogen-bond acceptors (Lipinski definition) is 2. The molecule has 1 N–H and O–H groups in total. The molecule has 0 unspecified atom stereocenters. The van der Waals surface area contributed by atoms with Crippen LogP contribution in [0.1, 0.15) is 16.1 Å². The van der Waals surface area contributed by atoms with Crippen LogP contribution in [0.15, 0.2) is 42.6 Å².